The summed E-state index contributed by atoms with van der Waals surface area (Å²) in [5.41, 5.74) is 6.07. The number of aromatic nitrogens is 3. The number of hydrogen-bond acceptors (Lipinski definition) is 6. The molecule has 5 nitrogen and oxygen atoms in total. The zero-order valence-corrected chi connectivity index (χ0v) is 15.7. The number of rotatable bonds is 0. The summed E-state index contributed by atoms with van der Waals surface area (Å²) in [4.78, 5) is 18.2. The minimum atomic E-state index is -0.428. The van der Waals surface area contributed by atoms with Crippen LogP contribution in [-0.4, -0.2) is 15.2 Å². The molecule has 0 saturated carbocycles. The van der Waals surface area contributed by atoms with Gasteiger partial charge in [-0.15, -0.1) is 21.5 Å². The highest BCUT2D eigenvalue weighted by molar-refractivity contribution is 7.26. The second-order valence-electron chi connectivity index (χ2n) is 7.32. The Labute approximate surface area is 157 Å². The number of nitrogens with zero attached hydrogens (tertiary/aromatic N) is 3. The Kier molecular flexibility index (Phi) is 2.88. The van der Waals surface area contributed by atoms with Crippen molar-refractivity contribution in [2.75, 3.05) is 0 Å². The number of fused-ring (bicyclic) bond motifs is 8. The fourth-order valence-corrected chi connectivity index (χ4v) is 5.66. The average Bonchev–Trinajstić information content (AvgIpc) is 3.23. The van der Waals surface area contributed by atoms with Gasteiger partial charge in [-0.3, -0.25) is 0 Å². The van der Waals surface area contributed by atoms with Gasteiger partial charge in [-0.05, 0) is 68.0 Å². The highest BCUT2D eigenvalue weighted by Crippen LogP contribution is 2.40. The molecule has 0 atom stereocenters. The lowest BCUT2D eigenvalue weighted by Gasteiger charge is -2.06. The van der Waals surface area contributed by atoms with Crippen LogP contribution in [0.15, 0.2) is 27.4 Å². The van der Waals surface area contributed by atoms with E-state index in [1.54, 1.807) is 11.3 Å². The molecule has 6 rings (SSSR count). The third kappa shape index (κ3) is 1.99. The maximum atomic E-state index is 12.6. The molecule has 0 unspecified atom stereocenters. The van der Waals surface area contributed by atoms with Crippen LogP contribution in [0, 0.1) is 13.8 Å². The maximum absolute atomic E-state index is 12.6. The summed E-state index contributed by atoms with van der Waals surface area (Å²) < 4.78 is 6.56. The van der Waals surface area contributed by atoms with E-state index in [2.05, 4.69) is 29.3 Å². The summed E-state index contributed by atoms with van der Waals surface area (Å²) in [5.74, 6) is 0. The molecule has 1 aliphatic rings. The molecule has 27 heavy (non-hydrogen) atoms. The fourth-order valence-electron chi connectivity index (χ4n) is 4.37. The molecule has 1 aliphatic carbocycles. The fraction of sp³-hybridized carbons (Fsp3) is 0.238. The molecule has 4 aromatic heterocycles. The van der Waals surface area contributed by atoms with Gasteiger partial charge in [0.15, 0.2) is 5.52 Å². The van der Waals surface area contributed by atoms with Gasteiger partial charge in [0.2, 0.25) is 0 Å². The van der Waals surface area contributed by atoms with Crippen molar-refractivity contribution in [2.24, 2.45) is 0 Å². The van der Waals surface area contributed by atoms with E-state index >= 15 is 0 Å². The highest BCUT2D eigenvalue weighted by atomic mass is 32.1. The Hall–Kier alpha value is -2.86. The van der Waals surface area contributed by atoms with Crippen molar-refractivity contribution in [1.82, 2.24) is 15.2 Å². The molecule has 6 heteroatoms. The van der Waals surface area contributed by atoms with Crippen molar-refractivity contribution in [2.45, 2.75) is 33.1 Å². The minimum Gasteiger partial charge on any atom is -0.421 e. The van der Waals surface area contributed by atoms with E-state index in [9.17, 15) is 4.79 Å². The topological polar surface area (TPSA) is 68.9 Å². The van der Waals surface area contributed by atoms with Crippen molar-refractivity contribution in [3.63, 3.8) is 0 Å². The molecule has 0 spiro atoms. The molecule has 0 bridgehead atoms. The van der Waals surface area contributed by atoms with Gasteiger partial charge in [-0.2, -0.15) is 0 Å². The number of benzene rings is 1. The Morgan fingerprint density at radius 3 is 2.63 bits per heavy atom. The minimum absolute atomic E-state index is 0.300. The van der Waals surface area contributed by atoms with Crippen LogP contribution in [-0.2, 0) is 12.8 Å². The molecule has 132 valence electrons. The molecule has 0 amide bonds. The van der Waals surface area contributed by atoms with E-state index in [0.29, 0.717) is 11.1 Å². The van der Waals surface area contributed by atoms with E-state index in [1.165, 1.54) is 11.1 Å². The van der Waals surface area contributed by atoms with Crippen molar-refractivity contribution in [3.05, 3.63) is 51.0 Å². The predicted octanol–water partition coefficient (Wildman–Crippen LogP) is 4.60. The largest absolute Gasteiger partial charge is 0.421 e. The Bertz CT molecular complexity index is 1500. The van der Waals surface area contributed by atoms with Gasteiger partial charge in [-0.25, -0.2) is 9.78 Å². The number of hydrogen-bond donors (Lipinski definition) is 0. The Balaban J connectivity index is 1.90. The third-order valence-electron chi connectivity index (χ3n) is 5.54. The van der Waals surface area contributed by atoms with Crippen molar-refractivity contribution in [1.29, 1.82) is 0 Å². The molecule has 0 radical (unpaired) electrons. The quantitative estimate of drug-likeness (QED) is 0.293. The van der Waals surface area contributed by atoms with E-state index in [4.69, 9.17) is 9.40 Å². The molecule has 1 aromatic carbocycles. The molecule has 4 heterocycles. The average molecular weight is 373 g/mol. The molecule has 0 N–H and O–H groups in total. The highest BCUT2D eigenvalue weighted by Gasteiger charge is 2.21. The van der Waals surface area contributed by atoms with Gasteiger partial charge in [0, 0.05) is 21.9 Å². The second-order valence-corrected chi connectivity index (χ2v) is 8.32. The Morgan fingerprint density at radius 1 is 1.00 bits per heavy atom. The standard InChI is InChI=1S/C21H15N3O2S/c1-9-6-10(2)22-20-15(9)17-19(27-20)16-13-7-11-4-3-5-12(11)8-14(13)26-21(25)18(16)24-23-17/h6-8H,3-5H2,1-2H3. The van der Waals surface area contributed by atoms with Crippen LogP contribution in [0.3, 0.4) is 0 Å². The van der Waals surface area contributed by atoms with Crippen molar-refractivity contribution in [3.8, 4) is 0 Å². The van der Waals surface area contributed by atoms with Crippen LogP contribution < -0.4 is 5.63 Å². The summed E-state index contributed by atoms with van der Waals surface area (Å²) in [6.45, 7) is 4.06. The smallest absolute Gasteiger partial charge is 0.364 e. The van der Waals surface area contributed by atoms with E-state index in [1.807, 2.05) is 13.0 Å². The van der Waals surface area contributed by atoms with Gasteiger partial charge >= 0.3 is 5.63 Å². The van der Waals surface area contributed by atoms with Gasteiger partial charge in [0.05, 0.1) is 4.70 Å². The van der Waals surface area contributed by atoms with Crippen LogP contribution in [0.2, 0.25) is 0 Å². The van der Waals surface area contributed by atoms with E-state index in [0.717, 1.165) is 61.7 Å². The number of thiophene rings is 1. The molecular formula is C21H15N3O2S. The zero-order chi connectivity index (χ0) is 18.3. The number of pyridine rings is 1. The van der Waals surface area contributed by atoms with Crippen molar-refractivity contribution >= 4 is 53.6 Å². The first kappa shape index (κ1) is 15.2. The predicted molar refractivity (Wildman–Crippen MR) is 108 cm³/mol. The van der Waals surface area contributed by atoms with Crippen LogP contribution in [0.4, 0.5) is 0 Å². The van der Waals surface area contributed by atoms with Crippen LogP contribution in [0.1, 0.15) is 28.8 Å². The monoisotopic (exact) mass is 373 g/mol. The molecular weight excluding hydrogens is 358 g/mol. The molecule has 0 saturated heterocycles. The Morgan fingerprint density at radius 2 is 1.78 bits per heavy atom. The lowest BCUT2D eigenvalue weighted by molar-refractivity contribution is 0.567. The van der Waals surface area contributed by atoms with Gasteiger partial charge in [0.25, 0.3) is 0 Å². The second kappa shape index (κ2) is 5.10. The third-order valence-corrected chi connectivity index (χ3v) is 6.63. The molecule has 0 aliphatic heterocycles. The normalized spacial score (nSPS) is 14.0. The first-order valence-corrected chi connectivity index (χ1v) is 9.87. The van der Waals surface area contributed by atoms with Gasteiger partial charge in [0.1, 0.15) is 15.9 Å². The summed E-state index contributed by atoms with van der Waals surface area (Å²) in [6, 6.07) is 6.27. The first-order chi connectivity index (χ1) is 13.1. The van der Waals surface area contributed by atoms with Crippen molar-refractivity contribution < 1.29 is 4.42 Å². The summed E-state index contributed by atoms with van der Waals surface area (Å²) >= 11 is 1.58. The van der Waals surface area contributed by atoms with Gasteiger partial charge in [-0.1, -0.05) is 0 Å². The lowest BCUT2D eigenvalue weighted by Crippen LogP contribution is -2.04. The van der Waals surface area contributed by atoms with E-state index in [-0.39, 0.29) is 0 Å². The van der Waals surface area contributed by atoms with Gasteiger partial charge < -0.3 is 4.42 Å². The maximum Gasteiger partial charge on any atom is 0.364 e. The summed E-state index contributed by atoms with van der Waals surface area (Å²) in [6.07, 6.45) is 3.26. The van der Waals surface area contributed by atoms with Crippen LogP contribution >= 0.6 is 11.3 Å². The molecule has 0 fully saturated rings. The van der Waals surface area contributed by atoms with E-state index < -0.39 is 5.63 Å². The summed E-state index contributed by atoms with van der Waals surface area (Å²) in [7, 11) is 0. The van der Waals surface area contributed by atoms with Crippen LogP contribution in [0.5, 0.6) is 0 Å². The lowest BCUT2D eigenvalue weighted by atomic mass is 10.0. The SMILES string of the molecule is Cc1cc(C)c2c(n1)sc1c2nnc2c(=O)oc3cc4c(cc3c21)CCC4. The van der Waals surface area contributed by atoms with Crippen LogP contribution in [0.25, 0.3) is 42.3 Å². The molecule has 5 aromatic rings. The zero-order valence-electron chi connectivity index (χ0n) is 14.9. The number of aryl methyl sites for hydroxylation is 4. The summed E-state index contributed by atoms with van der Waals surface area (Å²) in [5, 5.41) is 11.5. The first-order valence-electron chi connectivity index (χ1n) is 9.05.